The highest BCUT2D eigenvalue weighted by atomic mass is 19.4. The van der Waals surface area contributed by atoms with E-state index in [4.69, 9.17) is 9.84 Å². The van der Waals surface area contributed by atoms with Crippen molar-refractivity contribution < 1.29 is 37.3 Å². The highest BCUT2D eigenvalue weighted by Gasteiger charge is 2.40. The lowest BCUT2D eigenvalue weighted by Crippen LogP contribution is -2.49. The molecule has 31 heavy (non-hydrogen) atoms. The number of aliphatic carboxylic acids is 1. The number of carbonyl (C=O) groups is 2. The first-order valence-corrected chi connectivity index (χ1v) is 10.3. The number of aryl methyl sites for hydroxylation is 1. The Balaban J connectivity index is 1.52. The van der Waals surface area contributed by atoms with Gasteiger partial charge in [-0.15, -0.1) is 0 Å². The van der Waals surface area contributed by atoms with Gasteiger partial charge < -0.3 is 19.5 Å². The highest BCUT2D eigenvalue weighted by molar-refractivity contribution is 5.71. The summed E-state index contributed by atoms with van der Waals surface area (Å²) in [6.45, 7) is 4.85. The Kier molecular flexibility index (Phi) is 6.98. The van der Waals surface area contributed by atoms with E-state index >= 15 is 0 Å². The highest BCUT2D eigenvalue weighted by Crippen LogP contribution is 2.33. The van der Waals surface area contributed by atoms with Crippen LogP contribution in [0.3, 0.4) is 0 Å². The monoisotopic (exact) mass is 444 g/mol. The lowest BCUT2D eigenvalue weighted by Gasteiger charge is -2.36. The fourth-order valence-corrected chi connectivity index (χ4v) is 3.57. The number of hydrogen-bond donors (Lipinski definition) is 1. The Hall–Kier alpha value is -2.49. The molecule has 1 N–H and O–H groups in total. The van der Waals surface area contributed by atoms with Gasteiger partial charge in [0, 0.05) is 38.3 Å². The number of carbonyl (C=O) groups excluding carboxylic acids is 1. The minimum absolute atomic E-state index is 0.121. The van der Waals surface area contributed by atoms with Crippen molar-refractivity contribution in [3.05, 3.63) is 29.3 Å². The zero-order chi connectivity index (χ0) is 22.8. The summed E-state index contributed by atoms with van der Waals surface area (Å²) >= 11 is 0. The summed E-state index contributed by atoms with van der Waals surface area (Å²) in [7, 11) is 0. The SMILES string of the molecule is Cc1ccc(CN2CCN(C(=O)OC(C)C(F)(F)F)CC2)c(OC2CC(C(=O)O)C2)c1. The molecular formula is C21H27F3N2O5. The average molecular weight is 444 g/mol. The van der Waals surface area contributed by atoms with E-state index in [1.807, 2.05) is 25.1 Å². The van der Waals surface area contributed by atoms with Crippen LogP contribution >= 0.6 is 0 Å². The zero-order valence-corrected chi connectivity index (χ0v) is 17.5. The number of rotatable bonds is 6. The van der Waals surface area contributed by atoms with Crippen LogP contribution < -0.4 is 4.74 Å². The van der Waals surface area contributed by atoms with Gasteiger partial charge >= 0.3 is 18.2 Å². The Morgan fingerprint density at radius 1 is 1.19 bits per heavy atom. The molecule has 10 heteroatoms. The lowest BCUT2D eigenvalue weighted by atomic mass is 9.82. The number of carboxylic acid groups (broad SMARTS) is 1. The van der Waals surface area contributed by atoms with Crippen molar-refractivity contribution in [2.75, 3.05) is 26.2 Å². The molecule has 1 aliphatic heterocycles. The molecule has 1 amide bonds. The number of benzene rings is 1. The molecule has 172 valence electrons. The third kappa shape index (κ3) is 6.03. The zero-order valence-electron chi connectivity index (χ0n) is 17.5. The standard InChI is InChI=1S/C21H27F3N2O5/c1-13-3-4-15(18(9-13)31-17-10-16(11-17)19(27)28)12-25-5-7-26(8-6-25)20(29)30-14(2)21(22,23)24/h3-4,9,14,16-17H,5-8,10-12H2,1-2H3,(H,27,28). The Morgan fingerprint density at radius 3 is 2.42 bits per heavy atom. The van der Waals surface area contributed by atoms with E-state index in [0.29, 0.717) is 32.5 Å². The van der Waals surface area contributed by atoms with Crippen LogP contribution in [0.5, 0.6) is 5.75 Å². The quantitative estimate of drug-likeness (QED) is 0.724. The van der Waals surface area contributed by atoms with E-state index in [0.717, 1.165) is 23.8 Å². The number of hydrogen-bond acceptors (Lipinski definition) is 5. The van der Waals surface area contributed by atoms with Crippen LogP contribution in [0, 0.1) is 12.8 Å². The molecule has 1 aliphatic carbocycles. The van der Waals surface area contributed by atoms with E-state index in [1.165, 1.54) is 4.90 Å². The fraction of sp³-hybridized carbons (Fsp3) is 0.619. The van der Waals surface area contributed by atoms with E-state index in [2.05, 4.69) is 9.64 Å². The Morgan fingerprint density at radius 2 is 1.84 bits per heavy atom. The first-order chi connectivity index (χ1) is 14.5. The van der Waals surface area contributed by atoms with Gasteiger partial charge in [0.05, 0.1) is 5.92 Å². The molecule has 1 aromatic rings. The molecule has 1 atom stereocenters. The third-order valence-corrected chi connectivity index (χ3v) is 5.72. The normalized spacial score (nSPS) is 23.1. The lowest BCUT2D eigenvalue weighted by molar-refractivity contribution is -0.200. The maximum Gasteiger partial charge on any atom is 0.425 e. The van der Waals surface area contributed by atoms with Gasteiger partial charge in [0.25, 0.3) is 0 Å². The van der Waals surface area contributed by atoms with Crippen LogP contribution in [0.1, 0.15) is 30.9 Å². The second kappa shape index (κ2) is 9.33. The van der Waals surface area contributed by atoms with Crippen LogP contribution in [-0.4, -0.2) is 71.5 Å². The first-order valence-electron chi connectivity index (χ1n) is 10.3. The third-order valence-electron chi connectivity index (χ3n) is 5.72. The molecule has 0 spiro atoms. The molecule has 7 nitrogen and oxygen atoms in total. The summed E-state index contributed by atoms with van der Waals surface area (Å²) < 4.78 is 48.3. The summed E-state index contributed by atoms with van der Waals surface area (Å²) in [6.07, 6.45) is -6.83. The van der Waals surface area contributed by atoms with Gasteiger partial charge in [-0.05, 0) is 38.3 Å². The number of halogens is 3. The van der Waals surface area contributed by atoms with Gasteiger partial charge in [-0.3, -0.25) is 9.69 Å². The largest absolute Gasteiger partial charge is 0.490 e. The number of ether oxygens (including phenoxy) is 2. The fourth-order valence-electron chi connectivity index (χ4n) is 3.57. The molecule has 2 fully saturated rings. The number of amides is 1. The predicted octanol–water partition coefficient (Wildman–Crippen LogP) is 3.44. The maximum absolute atomic E-state index is 12.6. The van der Waals surface area contributed by atoms with Crippen molar-refractivity contribution in [1.29, 1.82) is 0 Å². The second-order valence-corrected chi connectivity index (χ2v) is 8.19. The topological polar surface area (TPSA) is 79.3 Å². The number of alkyl halides is 3. The van der Waals surface area contributed by atoms with Gasteiger partial charge in [-0.25, -0.2) is 4.79 Å². The summed E-state index contributed by atoms with van der Waals surface area (Å²) in [4.78, 5) is 26.3. The molecule has 0 radical (unpaired) electrons. The predicted molar refractivity (Wildman–Crippen MR) is 105 cm³/mol. The van der Waals surface area contributed by atoms with Crippen molar-refractivity contribution in [3.63, 3.8) is 0 Å². The van der Waals surface area contributed by atoms with Crippen LogP contribution in [0.2, 0.25) is 0 Å². The summed E-state index contributed by atoms with van der Waals surface area (Å²) in [5.41, 5.74) is 1.98. The minimum Gasteiger partial charge on any atom is -0.490 e. The average Bonchev–Trinajstić information content (AvgIpc) is 2.65. The van der Waals surface area contributed by atoms with Crippen LogP contribution in [0.15, 0.2) is 18.2 Å². The second-order valence-electron chi connectivity index (χ2n) is 8.19. The summed E-state index contributed by atoms with van der Waals surface area (Å²) in [5.74, 6) is -0.439. The van der Waals surface area contributed by atoms with E-state index in [9.17, 15) is 22.8 Å². The Bertz CT molecular complexity index is 803. The minimum atomic E-state index is -4.58. The number of piperazine rings is 1. The van der Waals surface area contributed by atoms with Crippen molar-refractivity contribution in [2.24, 2.45) is 5.92 Å². The smallest absolute Gasteiger partial charge is 0.425 e. The van der Waals surface area contributed by atoms with Crippen LogP contribution in [-0.2, 0) is 16.1 Å². The number of carboxylic acids is 1. The summed E-state index contributed by atoms with van der Waals surface area (Å²) in [6, 6.07) is 5.86. The van der Waals surface area contributed by atoms with Gasteiger partial charge in [0.1, 0.15) is 11.9 Å². The van der Waals surface area contributed by atoms with Crippen molar-refractivity contribution in [2.45, 2.75) is 51.6 Å². The molecule has 3 rings (SSSR count). The van der Waals surface area contributed by atoms with E-state index < -0.39 is 24.3 Å². The van der Waals surface area contributed by atoms with Gasteiger partial charge in [0.2, 0.25) is 0 Å². The van der Waals surface area contributed by atoms with Crippen LogP contribution in [0.25, 0.3) is 0 Å². The molecule has 1 saturated carbocycles. The number of nitrogens with zero attached hydrogens (tertiary/aromatic N) is 2. The molecule has 1 heterocycles. The van der Waals surface area contributed by atoms with Crippen molar-refractivity contribution in [1.82, 2.24) is 9.80 Å². The van der Waals surface area contributed by atoms with E-state index in [1.54, 1.807) is 0 Å². The van der Waals surface area contributed by atoms with Crippen LogP contribution in [0.4, 0.5) is 18.0 Å². The van der Waals surface area contributed by atoms with Gasteiger partial charge in [0.15, 0.2) is 6.10 Å². The van der Waals surface area contributed by atoms with Gasteiger partial charge in [-0.1, -0.05) is 12.1 Å². The molecule has 0 bridgehead atoms. The molecule has 1 saturated heterocycles. The molecular weight excluding hydrogens is 417 g/mol. The molecule has 1 aromatic carbocycles. The molecule has 2 aliphatic rings. The maximum atomic E-state index is 12.6. The molecule has 0 aromatic heterocycles. The molecule has 1 unspecified atom stereocenters. The first kappa shape index (κ1) is 23.2. The summed E-state index contributed by atoms with van der Waals surface area (Å²) in [5, 5.41) is 9.03. The van der Waals surface area contributed by atoms with Crippen molar-refractivity contribution in [3.8, 4) is 5.75 Å². The Labute approximate surface area is 178 Å². The van der Waals surface area contributed by atoms with Gasteiger partial charge in [-0.2, -0.15) is 13.2 Å². The van der Waals surface area contributed by atoms with E-state index in [-0.39, 0.29) is 25.1 Å². The van der Waals surface area contributed by atoms with Crippen molar-refractivity contribution >= 4 is 12.1 Å².